The van der Waals surface area contributed by atoms with Crippen LogP contribution in [0.4, 0.5) is 0 Å². The molecule has 3 aromatic heterocycles. The maximum absolute atomic E-state index is 5.59. The molecule has 0 radical (unpaired) electrons. The van der Waals surface area contributed by atoms with Crippen LogP contribution in [0, 0.1) is 0 Å². The van der Waals surface area contributed by atoms with Gasteiger partial charge in [0, 0.05) is 49.9 Å². The molecule has 0 saturated heterocycles. The standard InChI is InChI=1S/C52H38N4/c1-3-5-19-39-33-45-48(36-23-13-8-14-24-36)43-30-29-41(53-43)47(35-21-11-7-12-22-35)42-31-32-44(54-42)49(37-25-15-9-16-26-37)51-40(20-6-4-2)34-46(56-51)50(52(39)55-45)38-27-17-10-18-28-38/h3-34,54-55H,1-2H2/b19-5+,20-6+,47-41?,47-42?,48-43?,48-45?,49-44?,50-46?,51-49?,52-50?. The molecule has 0 aliphatic carbocycles. The van der Waals surface area contributed by atoms with E-state index in [0.29, 0.717) is 0 Å². The Kier molecular flexibility index (Phi) is 9.20. The minimum atomic E-state index is 0.843. The molecule has 4 heteroatoms. The molecule has 4 aromatic carbocycles. The third-order valence-corrected chi connectivity index (χ3v) is 10.1. The van der Waals surface area contributed by atoms with Crippen LogP contribution in [0.15, 0.2) is 183 Å². The first kappa shape index (κ1) is 34.2. The highest BCUT2D eigenvalue weighted by atomic mass is 14.8. The van der Waals surface area contributed by atoms with Crippen molar-refractivity contribution in [2.45, 2.75) is 0 Å². The summed E-state index contributed by atoms with van der Waals surface area (Å²) >= 11 is 0. The Bertz CT molecular complexity index is 2900. The van der Waals surface area contributed by atoms with Crippen molar-refractivity contribution in [2.24, 2.45) is 0 Å². The predicted octanol–water partition coefficient (Wildman–Crippen LogP) is 13.6. The van der Waals surface area contributed by atoms with Gasteiger partial charge in [0.25, 0.3) is 0 Å². The van der Waals surface area contributed by atoms with Crippen LogP contribution in [0.5, 0.6) is 0 Å². The smallest absolute Gasteiger partial charge is 0.0809 e. The molecule has 0 amide bonds. The summed E-state index contributed by atoms with van der Waals surface area (Å²) in [5.41, 5.74) is 17.4. The van der Waals surface area contributed by atoms with E-state index in [2.05, 4.69) is 169 Å². The summed E-state index contributed by atoms with van der Waals surface area (Å²) in [4.78, 5) is 18.8. The summed E-state index contributed by atoms with van der Waals surface area (Å²) in [5, 5.41) is 0. The number of hydrogen-bond donors (Lipinski definition) is 2. The zero-order chi connectivity index (χ0) is 37.8. The fourth-order valence-electron chi connectivity index (χ4n) is 7.64. The lowest BCUT2D eigenvalue weighted by molar-refractivity contribution is 1.30. The topological polar surface area (TPSA) is 57.4 Å². The van der Waals surface area contributed by atoms with Gasteiger partial charge in [0.15, 0.2) is 0 Å². The molecule has 8 bridgehead atoms. The van der Waals surface area contributed by atoms with Crippen molar-refractivity contribution < 1.29 is 0 Å². The van der Waals surface area contributed by atoms with E-state index in [-0.39, 0.29) is 0 Å². The third-order valence-electron chi connectivity index (χ3n) is 10.1. The van der Waals surface area contributed by atoms with E-state index in [1.165, 1.54) is 0 Å². The Balaban J connectivity index is 1.56. The summed E-state index contributed by atoms with van der Waals surface area (Å²) in [6.07, 6.45) is 18.2. The summed E-state index contributed by atoms with van der Waals surface area (Å²) < 4.78 is 0. The van der Waals surface area contributed by atoms with E-state index < -0.39 is 0 Å². The predicted molar refractivity (Wildman–Crippen MR) is 238 cm³/mol. The molecule has 0 fully saturated rings. The van der Waals surface area contributed by atoms with Crippen LogP contribution in [-0.4, -0.2) is 19.9 Å². The van der Waals surface area contributed by atoms with Crippen molar-refractivity contribution >= 4 is 51.9 Å². The molecule has 2 aliphatic heterocycles. The molecule has 5 heterocycles. The van der Waals surface area contributed by atoms with Crippen LogP contribution < -0.4 is 0 Å². The molecule has 0 atom stereocenters. The minimum absolute atomic E-state index is 0.843. The zero-order valence-corrected chi connectivity index (χ0v) is 30.8. The van der Waals surface area contributed by atoms with Crippen molar-refractivity contribution in [3.05, 3.63) is 211 Å². The summed E-state index contributed by atoms with van der Waals surface area (Å²) in [6.45, 7) is 8.01. The maximum Gasteiger partial charge on any atom is 0.0809 e. The van der Waals surface area contributed by atoms with Crippen molar-refractivity contribution in [1.29, 1.82) is 0 Å². The van der Waals surface area contributed by atoms with Gasteiger partial charge in [-0.1, -0.05) is 171 Å². The van der Waals surface area contributed by atoms with Crippen molar-refractivity contribution in [3.8, 4) is 44.5 Å². The zero-order valence-electron chi connectivity index (χ0n) is 30.8. The Morgan fingerprint density at radius 1 is 0.446 bits per heavy atom. The summed E-state index contributed by atoms with van der Waals surface area (Å²) in [7, 11) is 0. The molecule has 56 heavy (non-hydrogen) atoms. The number of H-pyrrole nitrogens is 2. The first-order chi connectivity index (χ1) is 27.7. The molecule has 9 rings (SSSR count). The summed E-state index contributed by atoms with van der Waals surface area (Å²) in [5.74, 6) is 0. The van der Waals surface area contributed by atoms with Gasteiger partial charge in [-0.2, -0.15) is 0 Å². The lowest BCUT2D eigenvalue weighted by Crippen LogP contribution is -1.90. The van der Waals surface area contributed by atoms with Gasteiger partial charge in [0.1, 0.15) is 0 Å². The lowest BCUT2D eigenvalue weighted by atomic mass is 9.99. The number of aromatic nitrogens is 4. The minimum Gasteiger partial charge on any atom is -0.354 e. The van der Waals surface area contributed by atoms with Gasteiger partial charge in [-0.3, -0.25) is 0 Å². The number of benzene rings is 4. The van der Waals surface area contributed by atoms with Crippen LogP contribution in [0.3, 0.4) is 0 Å². The second kappa shape index (κ2) is 15.1. The van der Waals surface area contributed by atoms with Crippen LogP contribution in [0.1, 0.15) is 28.3 Å². The van der Waals surface area contributed by atoms with Gasteiger partial charge in [-0.15, -0.1) is 0 Å². The molecular formula is C52H38N4. The number of nitrogens with one attached hydrogen (secondary N) is 2. The highest BCUT2D eigenvalue weighted by Crippen LogP contribution is 2.41. The quantitative estimate of drug-likeness (QED) is 0.154. The Labute approximate surface area is 326 Å². The third kappa shape index (κ3) is 6.40. The van der Waals surface area contributed by atoms with Gasteiger partial charge in [-0.25, -0.2) is 9.97 Å². The largest absolute Gasteiger partial charge is 0.354 e. The van der Waals surface area contributed by atoms with E-state index in [1.54, 1.807) is 6.08 Å². The van der Waals surface area contributed by atoms with Gasteiger partial charge in [-0.05, 0) is 58.7 Å². The van der Waals surface area contributed by atoms with Gasteiger partial charge < -0.3 is 9.97 Å². The summed E-state index contributed by atoms with van der Waals surface area (Å²) in [6, 6.07) is 48.5. The first-order valence-corrected chi connectivity index (χ1v) is 18.7. The van der Waals surface area contributed by atoms with Crippen LogP contribution >= 0.6 is 0 Å². The average molecular weight is 719 g/mol. The highest BCUT2D eigenvalue weighted by Gasteiger charge is 2.22. The Morgan fingerprint density at radius 2 is 0.929 bits per heavy atom. The highest BCUT2D eigenvalue weighted by molar-refractivity contribution is 6.05. The van der Waals surface area contributed by atoms with E-state index in [9.17, 15) is 0 Å². The maximum atomic E-state index is 5.59. The SMILES string of the molecule is C=C/C=C/C1=Cc2nc1c(-c1ccccc1)c1ccc([nH]1)c(-c1ccccc1)c1nc(c(-c3ccccc3)c3cc(/C=C/C=C)c([nH]3)c2-c2ccccc2)C=C1. The molecule has 2 aliphatic rings. The Hall–Kier alpha value is -7.56. The van der Waals surface area contributed by atoms with E-state index in [0.717, 1.165) is 100 Å². The molecule has 4 nitrogen and oxygen atoms in total. The number of rotatable bonds is 8. The molecule has 7 aromatic rings. The van der Waals surface area contributed by atoms with E-state index in [4.69, 9.17) is 9.97 Å². The van der Waals surface area contributed by atoms with Crippen molar-refractivity contribution in [3.63, 3.8) is 0 Å². The van der Waals surface area contributed by atoms with E-state index in [1.807, 2.05) is 42.5 Å². The number of aromatic amines is 2. The molecular weight excluding hydrogens is 681 g/mol. The molecule has 0 unspecified atom stereocenters. The van der Waals surface area contributed by atoms with Gasteiger partial charge >= 0.3 is 0 Å². The fourth-order valence-corrected chi connectivity index (χ4v) is 7.64. The molecule has 266 valence electrons. The lowest BCUT2D eigenvalue weighted by Gasteiger charge is -2.08. The van der Waals surface area contributed by atoms with Crippen LogP contribution in [0.2, 0.25) is 0 Å². The molecule has 0 spiro atoms. The number of nitrogens with zero attached hydrogens (tertiary/aromatic N) is 2. The number of hydrogen-bond acceptors (Lipinski definition) is 2. The first-order valence-electron chi connectivity index (χ1n) is 18.7. The number of fused-ring (bicyclic) bond motifs is 8. The van der Waals surface area contributed by atoms with E-state index >= 15 is 0 Å². The fraction of sp³-hybridized carbons (Fsp3) is 0. The van der Waals surface area contributed by atoms with Crippen LogP contribution in [-0.2, 0) is 0 Å². The molecule has 2 N–H and O–H groups in total. The van der Waals surface area contributed by atoms with Gasteiger partial charge in [0.2, 0.25) is 0 Å². The molecule has 0 saturated carbocycles. The van der Waals surface area contributed by atoms with Crippen molar-refractivity contribution in [1.82, 2.24) is 19.9 Å². The van der Waals surface area contributed by atoms with Gasteiger partial charge in [0.05, 0.1) is 28.3 Å². The van der Waals surface area contributed by atoms with Crippen molar-refractivity contribution in [2.75, 3.05) is 0 Å². The average Bonchev–Trinajstić information content (AvgIpc) is 4.08. The van der Waals surface area contributed by atoms with Crippen LogP contribution in [0.25, 0.3) is 96.5 Å². The monoisotopic (exact) mass is 718 g/mol. The second-order valence-corrected chi connectivity index (χ2v) is 13.6. The Morgan fingerprint density at radius 3 is 1.48 bits per heavy atom. The second-order valence-electron chi connectivity index (χ2n) is 13.6. The normalized spacial score (nSPS) is 12.3. The number of allylic oxidation sites excluding steroid dienone is 6.